The lowest BCUT2D eigenvalue weighted by Crippen LogP contribution is -2.50. The van der Waals surface area contributed by atoms with Crippen LogP contribution in [0.3, 0.4) is 0 Å². The number of aliphatic hydroxyl groups is 1. The SMILES string of the molecule is C[C@H]1C[C@@]2(CCN1Cc1ccc(=O)[nH]c1)OCCc1c2sc(C(F)(F)F)c1CO. The van der Waals surface area contributed by atoms with Crippen LogP contribution in [0.4, 0.5) is 13.2 Å². The van der Waals surface area contributed by atoms with E-state index >= 15 is 0 Å². The zero-order valence-electron chi connectivity index (χ0n) is 16.0. The summed E-state index contributed by atoms with van der Waals surface area (Å²) in [6, 6.07) is 3.37. The number of nitrogens with one attached hydrogen (secondary N) is 1. The van der Waals surface area contributed by atoms with Gasteiger partial charge in [-0.25, -0.2) is 0 Å². The van der Waals surface area contributed by atoms with Gasteiger partial charge in [-0.05, 0) is 37.3 Å². The van der Waals surface area contributed by atoms with Crippen LogP contribution in [0.5, 0.6) is 0 Å². The first kappa shape index (κ1) is 20.6. The maximum atomic E-state index is 13.5. The number of rotatable bonds is 3. The third-order valence-corrected chi connectivity index (χ3v) is 7.47. The molecule has 2 aromatic heterocycles. The fourth-order valence-electron chi connectivity index (χ4n) is 4.54. The van der Waals surface area contributed by atoms with E-state index in [0.29, 0.717) is 49.4 Å². The maximum Gasteiger partial charge on any atom is 0.425 e. The lowest BCUT2D eigenvalue weighted by Gasteiger charge is -2.47. The van der Waals surface area contributed by atoms with Gasteiger partial charge in [0.15, 0.2) is 0 Å². The summed E-state index contributed by atoms with van der Waals surface area (Å²) in [6.45, 7) is 3.13. The molecule has 1 fully saturated rings. The predicted molar refractivity (Wildman–Crippen MR) is 103 cm³/mol. The van der Waals surface area contributed by atoms with Crippen LogP contribution >= 0.6 is 11.3 Å². The molecule has 1 spiro atoms. The smallest absolute Gasteiger partial charge is 0.392 e. The molecular formula is C20H23F3N2O3S. The highest BCUT2D eigenvalue weighted by molar-refractivity contribution is 7.12. The average Bonchev–Trinajstić information content (AvgIpc) is 3.07. The molecule has 5 nitrogen and oxygen atoms in total. The Morgan fingerprint density at radius 3 is 2.83 bits per heavy atom. The fourth-order valence-corrected chi connectivity index (χ4v) is 5.95. The average molecular weight is 428 g/mol. The Labute approximate surface area is 170 Å². The minimum atomic E-state index is -4.47. The fraction of sp³-hybridized carbons (Fsp3) is 0.550. The highest BCUT2D eigenvalue weighted by Gasteiger charge is 2.48. The quantitative estimate of drug-likeness (QED) is 0.787. The van der Waals surface area contributed by atoms with Gasteiger partial charge < -0.3 is 14.8 Å². The second-order valence-electron chi connectivity index (χ2n) is 7.80. The van der Waals surface area contributed by atoms with E-state index < -0.39 is 23.3 Å². The van der Waals surface area contributed by atoms with Crippen LogP contribution in [0.25, 0.3) is 0 Å². The monoisotopic (exact) mass is 428 g/mol. The van der Waals surface area contributed by atoms with Crippen LogP contribution in [0.15, 0.2) is 23.1 Å². The summed E-state index contributed by atoms with van der Waals surface area (Å²) < 4.78 is 46.7. The summed E-state index contributed by atoms with van der Waals surface area (Å²) in [5.74, 6) is 0. The molecule has 0 amide bonds. The standard InChI is InChI=1S/C20H23F3N2O3S/c1-12-8-19(5-6-25(12)10-13-2-3-16(27)24-9-13)17-14(4-7-28-19)15(11-26)18(29-17)20(21,22)23/h2-3,9,12,26H,4-8,10-11H2,1H3,(H,24,27)/t12-,19+/m0/s1. The van der Waals surface area contributed by atoms with Crippen LogP contribution < -0.4 is 5.56 Å². The molecule has 1 saturated heterocycles. The van der Waals surface area contributed by atoms with Crippen molar-refractivity contribution in [2.75, 3.05) is 13.2 Å². The van der Waals surface area contributed by atoms with Crippen molar-refractivity contribution in [1.82, 2.24) is 9.88 Å². The minimum absolute atomic E-state index is 0.0171. The van der Waals surface area contributed by atoms with E-state index in [2.05, 4.69) is 16.8 Å². The summed E-state index contributed by atoms with van der Waals surface area (Å²) in [4.78, 5) is 16.1. The molecule has 0 radical (unpaired) electrons. The number of H-pyrrole nitrogens is 1. The Balaban J connectivity index is 1.60. The van der Waals surface area contributed by atoms with Crippen LogP contribution in [0.2, 0.25) is 0 Å². The number of nitrogens with zero attached hydrogens (tertiary/aromatic N) is 1. The van der Waals surface area contributed by atoms with E-state index in [-0.39, 0.29) is 17.2 Å². The number of hydrogen-bond donors (Lipinski definition) is 2. The Morgan fingerprint density at radius 1 is 1.41 bits per heavy atom. The number of pyridine rings is 1. The first-order valence-electron chi connectivity index (χ1n) is 9.62. The zero-order chi connectivity index (χ0) is 20.8. The molecule has 4 rings (SSSR count). The molecule has 0 aliphatic carbocycles. The Kier molecular flexibility index (Phi) is 5.35. The molecule has 2 aliphatic heterocycles. The number of aliphatic hydroxyl groups excluding tert-OH is 1. The molecular weight excluding hydrogens is 405 g/mol. The predicted octanol–water partition coefficient (Wildman–Crippen LogP) is 3.40. The number of aromatic nitrogens is 1. The summed E-state index contributed by atoms with van der Waals surface area (Å²) >= 11 is 0.739. The number of ether oxygens (including phenoxy) is 1. The van der Waals surface area contributed by atoms with E-state index in [1.807, 2.05) is 0 Å². The maximum absolute atomic E-state index is 13.5. The van der Waals surface area contributed by atoms with Gasteiger partial charge in [0.25, 0.3) is 0 Å². The second-order valence-corrected chi connectivity index (χ2v) is 8.82. The van der Waals surface area contributed by atoms with Crippen LogP contribution in [-0.2, 0) is 36.1 Å². The van der Waals surface area contributed by atoms with Gasteiger partial charge in [0.2, 0.25) is 5.56 Å². The number of aromatic amines is 1. The molecule has 158 valence electrons. The third kappa shape index (κ3) is 3.76. The number of alkyl halides is 3. The van der Waals surface area contributed by atoms with Gasteiger partial charge >= 0.3 is 6.18 Å². The zero-order valence-corrected chi connectivity index (χ0v) is 16.8. The molecule has 2 N–H and O–H groups in total. The molecule has 0 saturated carbocycles. The Morgan fingerprint density at radius 2 is 2.21 bits per heavy atom. The summed E-state index contributed by atoms with van der Waals surface area (Å²) in [7, 11) is 0. The van der Waals surface area contributed by atoms with Crippen molar-refractivity contribution in [3.8, 4) is 0 Å². The lowest BCUT2D eigenvalue weighted by molar-refractivity contribution is -0.135. The normalized spacial score (nSPS) is 25.3. The van der Waals surface area contributed by atoms with Gasteiger partial charge in [-0.15, -0.1) is 11.3 Å². The molecule has 2 aromatic rings. The summed E-state index contributed by atoms with van der Waals surface area (Å²) in [5.41, 5.74) is 0.740. The van der Waals surface area contributed by atoms with Gasteiger partial charge in [-0.3, -0.25) is 9.69 Å². The largest absolute Gasteiger partial charge is 0.425 e. The number of thiophene rings is 1. The van der Waals surface area contributed by atoms with Gasteiger partial charge in [0, 0.05) is 41.8 Å². The number of hydrogen-bond acceptors (Lipinski definition) is 5. The first-order chi connectivity index (χ1) is 13.7. The summed E-state index contributed by atoms with van der Waals surface area (Å²) in [6.07, 6.45) is -1.20. The van der Waals surface area contributed by atoms with Gasteiger partial charge in [-0.1, -0.05) is 6.07 Å². The molecule has 4 heterocycles. The third-order valence-electron chi connectivity index (χ3n) is 5.96. The van der Waals surface area contributed by atoms with Crippen molar-refractivity contribution in [3.05, 3.63) is 55.1 Å². The molecule has 0 bridgehead atoms. The minimum Gasteiger partial charge on any atom is -0.392 e. The first-order valence-corrected chi connectivity index (χ1v) is 10.4. The van der Waals surface area contributed by atoms with E-state index in [1.165, 1.54) is 6.07 Å². The van der Waals surface area contributed by atoms with Crippen molar-refractivity contribution in [3.63, 3.8) is 0 Å². The number of piperidine rings is 1. The Hall–Kier alpha value is -1.68. The van der Waals surface area contributed by atoms with Crippen LogP contribution in [0, 0.1) is 0 Å². The summed E-state index contributed by atoms with van der Waals surface area (Å²) in [5, 5.41) is 9.62. The van der Waals surface area contributed by atoms with Gasteiger partial charge in [0.05, 0.1) is 13.2 Å². The molecule has 2 aliphatic rings. The van der Waals surface area contributed by atoms with Crippen molar-refractivity contribution in [1.29, 1.82) is 0 Å². The second kappa shape index (κ2) is 7.54. The number of fused-ring (bicyclic) bond motifs is 2. The van der Waals surface area contributed by atoms with Crippen molar-refractivity contribution in [2.24, 2.45) is 0 Å². The number of halogens is 3. The molecule has 29 heavy (non-hydrogen) atoms. The molecule has 9 heteroatoms. The topological polar surface area (TPSA) is 65.6 Å². The van der Waals surface area contributed by atoms with Gasteiger partial charge in [-0.2, -0.15) is 13.2 Å². The van der Waals surface area contributed by atoms with E-state index in [1.54, 1.807) is 12.3 Å². The van der Waals surface area contributed by atoms with E-state index in [0.717, 1.165) is 16.9 Å². The van der Waals surface area contributed by atoms with Crippen LogP contribution in [0.1, 0.15) is 46.2 Å². The number of likely N-dealkylation sites (tertiary alicyclic amines) is 1. The lowest BCUT2D eigenvalue weighted by atomic mass is 9.81. The molecule has 2 atom stereocenters. The van der Waals surface area contributed by atoms with Crippen molar-refractivity contribution in [2.45, 2.75) is 57.2 Å². The van der Waals surface area contributed by atoms with Crippen molar-refractivity contribution < 1.29 is 23.0 Å². The van der Waals surface area contributed by atoms with E-state index in [9.17, 15) is 23.1 Å². The highest BCUT2D eigenvalue weighted by Crippen LogP contribution is 2.51. The van der Waals surface area contributed by atoms with Crippen molar-refractivity contribution >= 4 is 11.3 Å². The molecule has 0 aromatic carbocycles. The Bertz CT molecular complexity index is 935. The van der Waals surface area contributed by atoms with Crippen LogP contribution in [-0.4, -0.2) is 34.2 Å². The highest BCUT2D eigenvalue weighted by atomic mass is 32.1. The molecule has 0 unspecified atom stereocenters. The van der Waals surface area contributed by atoms with E-state index in [4.69, 9.17) is 4.74 Å². The van der Waals surface area contributed by atoms with Gasteiger partial charge in [0.1, 0.15) is 10.5 Å².